The molecule has 1 aliphatic rings. The quantitative estimate of drug-likeness (QED) is 0.843. The van der Waals surface area contributed by atoms with Crippen molar-refractivity contribution in [2.24, 2.45) is 0 Å². The first-order valence-electron chi connectivity index (χ1n) is 5.86. The Labute approximate surface area is 101 Å². The second kappa shape index (κ2) is 5.23. The van der Waals surface area contributed by atoms with Gasteiger partial charge in [0, 0.05) is 6.61 Å². The van der Waals surface area contributed by atoms with Crippen LogP contribution in [0, 0.1) is 6.92 Å². The second-order valence-electron chi connectivity index (χ2n) is 4.35. The lowest BCUT2D eigenvalue weighted by Gasteiger charge is -2.15. The number of nitrogens with one attached hydrogen (secondary N) is 2. The van der Waals surface area contributed by atoms with Gasteiger partial charge in [0.15, 0.2) is 0 Å². The zero-order valence-electron chi connectivity index (χ0n) is 10.2. The molecule has 2 unspecified atom stereocenters. The Morgan fingerprint density at radius 1 is 1.53 bits per heavy atom. The van der Waals surface area contributed by atoms with Crippen LogP contribution in [0.15, 0.2) is 16.5 Å². The van der Waals surface area contributed by atoms with Gasteiger partial charge in [-0.2, -0.15) is 0 Å². The summed E-state index contributed by atoms with van der Waals surface area (Å²) in [5.41, 5.74) is 0. The van der Waals surface area contributed by atoms with E-state index in [-0.39, 0.29) is 18.1 Å². The summed E-state index contributed by atoms with van der Waals surface area (Å²) < 4.78 is 10.6. The first-order chi connectivity index (χ1) is 8.15. The topological polar surface area (TPSA) is 63.5 Å². The molecule has 0 radical (unpaired) electrons. The van der Waals surface area contributed by atoms with Gasteiger partial charge in [-0.3, -0.25) is 0 Å². The highest BCUT2D eigenvalue weighted by atomic mass is 16.5. The van der Waals surface area contributed by atoms with Gasteiger partial charge in [0.25, 0.3) is 0 Å². The lowest BCUT2D eigenvalue weighted by molar-refractivity contribution is 0.188. The third-order valence-corrected chi connectivity index (χ3v) is 2.80. The van der Waals surface area contributed by atoms with E-state index >= 15 is 0 Å². The van der Waals surface area contributed by atoms with Gasteiger partial charge in [0.2, 0.25) is 0 Å². The van der Waals surface area contributed by atoms with Crippen LogP contribution in [0.4, 0.5) is 4.79 Å². The van der Waals surface area contributed by atoms with E-state index in [1.54, 1.807) is 0 Å². The zero-order chi connectivity index (χ0) is 12.3. The van der Waals surface area contributed by atoms with Crippen molar-refractivity contribution in [2.75, 3.05) is 13.2 Å². The fourth-order valence-electron chi connectivity index (χ4n) is 1.83. The van der Waals surface area contributed by atoms with E-state index in [1.165, 1.54) is 0 Å². The van der Waals surface area contributed by atoms with Gasteiger partial charge in [0.1, 0.15) is 11.5 Å². The Morgan fingerprint density at radius 3 is 2.94 bits per heavy atom. The van der Waals surface area contributed by atoms with Crippen LogP contribution in [-0.2, 0) is 4.74 Å². The molecule has 1 fully saturated rings. The summed E-state index contributed by atoms with van der Waals surface area (Å²) in [6.07, 6.45) is 0.877. The Balaban J connectivity index is 1.81. The summed E-state index contributed by atoms with van der Waals surface area (Å²) >= 11 is 0. The maximum Gasteiger partial charge on any atom is 0.315 e. The number of furan rings is 1. The van der Waals surface area contributed by atoms with Gasteiger partial charge in [-0.15, -0.1) is 0 Å². The molecular formula is C12H18N2O3. The van der Waals surface area contributed by atoms with Crippen molar-refractivity contribution in [1.82, 2.24) is 10.6 Å². The minimum absolute atomic E-state index is 0.125. The van der Waals surface area contributed by atoms with E-state index in [9.17, 15) is 4.79 Å². The number of hydrogen-bond donors (Lipinski definition) is 2. The molecule has 2 N–H and O–H groups in total. The summed E-state index contributed by atoms with van der Waals surface area (Å²) in [6, 6.07) is 3.57. The van der Waals surface area contributed by atoms with Gasteiger partial charge >= 0.3 is 6.03 Å². The van der Waals surface area contributed by atoms with Crippen LogP contribution in [0.1, 0.15) is 30.9 Å². The predicted molar refractivity (Wildman–Crippen MR) is 62.8 cm³/mol. The van der Waals surface area contributed by atoms with Crippen molar-refractivity contribution in [3.63, 3.8) is 0 Å². The van der Waals surface area contributed by atoms with Crippen molar-refractivity contribution < 1.29 is 13.9 Å². The molecule has 5 heteroatoms. The molecule has 0 aliphatic carbocycles. The van der Waals surface area contributed by atoms with Gasteiger partial charge in [0.05, 0.1) is 18.7 Å². The highest BCUT2D eigenvalue weighted by Gasteiger charge is 2.19. The molecule has 0 bridgehead atoms. The second-order valence-corrected chi connectivity index (χ2v) is 4.35. The smallest absolute Gasteiger partial charge is 0.315 e. The van der Waals surface area contributed by atoms with E-state index in [2.05, 4.69) is 10.6 Å². The van der Waals surface area contributed by atoms with E-state index in [4.69, 9.17) is 9.15 Å². The zero-order valence-corrected chi connectivity index (χ0v) is 10.2. The molecule has 2 heterocycles. The van der Waals surface area contributed by atoms with E-state index in [0.717, 1.165) is 24.5 Å². The highest BCUT2D eigenvalue weighted by Crippen LogP contribution is 2.15. The molecule has 5 nitrogen and oxygen atoms in total. The van der Waals surface area contributed by atoms with Gasteiger partial charge < -0.3 is 19.8 Å². The average Bonchev–Trinajstić information content (AvgIpc) is 2.89. The molecule has 0 saturated carbocycles. The normalized spacial score (nSPS) is 21.2. The maximum absolute atomic E-state index is 11.7. The molecule has 2 atom stereocenters. The Bertz CT molecular complexity index is 383. The van der Waals surface area contributed by atoms with Gasteiger partial charge in [-0.25, -0.2) is 4.79 Å². The lowest BCUT2D eigenvalue weighted by Crippen LogP contribution is -2.43. The molecule has 1 aromatic rings. The molecule has 1 aromatic heterocycles. The van der Waals surface area contributed by atoms with Gasteiger partial charge in [-0.05, 0) is 32.4 Å². The standard InChI is InChI=1S/C12H18N2O3/c1-8-3-4-11(17-8)9(2)13-12(15)14-10-5-6-16-7-10/h3-4,9-10H,5-7H2,1-2H3,(H2,13,14,15). The Kier molecular flexibility index (Phi) is 3.68. The average molecular weight is 238 g/mol. The summed E-state index contributed by atoms with van der Waals surface area (Å²) in [5, 5.41) is 5.71. The molecule has 1 saturated heterocycles. The number of rotatable bonds is 3. The third-order valence-electron chi connectivity index (χ3n) is 2.80. The highest BCUT2D eigenvalue weighted by molar-refractivity contribution is 5.74. The van der Waals surface area contributed by atoms with Crippen LogP contribution in [0.3, 0.4) is 0 Å². The summed E-state index contributed by atoms with van der Waals surface area (Å²) in [5.74, 6) is 1.61. The first-order valence-corrected chi connectivity index (χ1v) is 5.86. The Hall–Kier alpha value is -1.49. The molecule has 2 rings (SSSR count). The fourth-order valence-corrected chi connectivity index (χ4v) is 1.83. The number of amides is 2. The minimum Gasteiger partial charge on any atom is -0.464 e. The number of carbonyl (C=O) groups excluding carboxylic acids is 1. The van der Waals surface area contributed by atoms with Crippen molar-refractivity contribution in [2.45, 2.75) is 32.4 Å². The number of carbonyl (C=O) groups is 1. The molecule has 1 aliphatic heterocycles. The van der Waals surface area contributed by atoms with Crippen molar-refractivity contribution in [1.29, 1.82) is 0 Å². The lowest BCUT2D eigenvalue weighted by atomic mass is 10.2. The predicted octanol–water partition coefficient (Wildman–Crippen LogP) is 1.74. The third kappa shape index (κ3) is 3.23. The van der Waals surface area contributed by atoms with Crippen LogP contribution >= 0.6 is 0 Å². The molecule has 94 valence electrons. The van der Waals surface area contributed by atoms with Crippen LogP contribution in [-0.4, -0.2) is 25.3 Å². The number of hydrogen-bond acceptors (Lipinski definition) is 3. The SMILES string of the molecule is Cc1ccc(C(C)NC(=O)NC2CCOC2)o1. The number of ether oxygens (including phenoxy) is 1. The summed E-state index contributed by atoms with van der Waals surface area (Å²) in [7, 11) is 0. The van der Waals surface area contributed by atoms with Crippen LogP contribution in [0.25, 0.3) is 0 Å². The minimum atomic E-state index is -0.179. The molecule has 17 heavy (non-hydrogen) atoms. The number of aryl methyl sites for hydroxylation is 1. The van der Waals surface area contributed by atoms with E-state index in [1.807, 2.05) is 26.0 Å². The van der Waals surface area contributed by atoms with Crippen molar-refractivity contribution >= 4 is 6.03 Å². The van der Waals surface area contributed by atoms with Crippen molar-refractivity contribution in [3.05, 3.63) is 23.7 Å². The monoisotopic (exact) mass is 238 g/mol. The summed E-state index contributed by atoms with van der Waals surface area (Å²) in [4.78, 5) is 11.7. The molecule has 2 amide bonds. The molecule has 0 aromatic carbocycles. The largest absolute Gasteiger partial charge is 0.464 e. The summed E-state index contributed by atoms with van der Waals surface area (Å²) in [6.45, 7) is 5.09. The van der Waals surface area contributed by atoms with E-state index < -0.39 is 0 Å². The first kappa shape index (κ1) is 12.0. The van der Waals surface area contributed by atoms with Crippen molar-refractivity contribution in [3.8, 4) is 0 Å². The molecule has 0 spiro atoms. The maximum atomic E-state index is 11.7. The van der Waals surface area contributed by atoms with Crippen LogP contribution in [0.5, 0.6) is 0 Å². The molecular weight excluding hydrogens is 220 g/mol. The fraction of sp³-hybridized carbons (Fsp3) is 0.583. The Morgan fingerprint density at radius 2 is 2.35 bits per heavy atom. The van der Waals surface area contributed by atoms with Crippen LogP contribution in [0.2, 0.25) is 0 Å². The van der Waals surface area contributed by atoms with Gasteiger partial charge in [-0.1, -0.05) is 0 Å². The van der Waals surface area contributed by atoms with Crippen LogP contribution < -0.4 is 10.6 Å². The number of urea groups is 1. The van der Waals surface area contributed by atoms with E-state index in [0.29, 0.717) is 6.61 Å².